The van der Waals surface area contributed by atoms with E-state index in [2.05, 4.69) is 10.3 Å². The van der Waals surface area contributed by atoms with Crippen molar-refractivity contribution in [3.63, 3.8) is 0 Å². The smallest absolute Gasteiger partial charge is 0.351 e. The maximum Gasteiger partial charge on any atom is 0.351 e. The lowest BCUT2D eigenvalue weighted by atomic mass is 10.2. The quantitative estimate of drug-likeness (QED) is 0.867. The van der Waals surface area contributed by atoms with E-state index in [9.17, 15) is 18.4 Å². The molecule has 1 aliphatic rings. The zero-order valence-corrected chi connectivity index (χ0v) is 13.5. The van der Waals surface area contributed by atoms with Gasteiger partial charge in [0.25, 0.3) is 5.91 Å². The number of benzene rings is 1. The highest BCUT2D eigenvalue weighted by Crippen LogP contribution is 2.41. The Kier molecular flexibility index (Phi) is 4.95. The van der Waals surface area contributed by atoms with E-state index in [1.807, 2.05) is 0 Å². The number of carbonyl (C=O) groups excluding carboxylic acids is 1. The fourth-order valence-electron chi connectivity index (χ4n) is 2.29. The van der Waals surface area contributed by atoms with Crippen molar-refractivity contribution in [2.75, 3.05) is 11.9 Å². The van der Waals surface area contributed by atoms with Gasteiger partial charge in [-0.2, -0.15) is 4.98 Å². The van der Waals surface area contributed by atoms with Crippen molar-refractivity contribution in [3.05, 3.63) is 70.3 Å². The monoisotopic (exact) mass is 365 g/mol. The van der Waals surface area contributed by atoms with E-state index in [0.717, 1.165) is 22.5 Å². The Morgan fingerprint density at radius 1 is 1.32 bits per heavy atom. The summed E-state index contributed by atoms with van der Waals surface area (Å²) >= 11 is 0.963. The average Bonchev–Trinajstić information content (AvgIpc) is 2.99. The number of anilines is 1. The normalized spacial score (nSPS) is 19.6. The van der Waals surface area contributed by atoms with Crippen molar-refractivity contribution in [2.45, 2.75) is 10.6 Å². The summed E-state index contributed by atoms with van der Waals surface area (Å²) in [6, 6.07) is 8.05. The molecule has 0 bridgehead atoms. The van der Waals surface area contributed by atoms with Crippen molar-refractivity contribution in [1.29, 1.82) is 0 Å². The van der Waals surface area contributed by atoms with Gasteiger partial charge in [-0.15, -0.1) is 11.8 Å². The lowest BCUT2D eigenvalue weighted by Gasteiger charge is -2.15. The molecule has 3 rings (SSSR count). The number of thioether (sulfide) groups is 1. The van der Waals surface area contributed by atoms with Crippen molar-refractivity contribution in [2.24, 2.45) is 0 Å². The molecular formula is C16H13F2N3O3S. The summed E-state index contributed by atoms with van der Waals surface area (Å²) in [6.45, 7) is -0.301. The van der Waals surface area contributed by atoms with Gasteiger partial charge in [-0.25, -0.2) is 13.6 Å². The third-order valence-electron chi connectivity index (χ3n) is 3.49. The number of nitrogens with zero attached hydrogens (tertiary/aromatic N) is 2. The van der Waals surface area contributed by atoms with Gasteiger partial charge in [0.05, 0.1) is 18.1 Å². The van der Waals surface area contributed by atoms with Gasteiger partial charge >= 0.3 is 5.69 Å². The summed E-state index contributed by atoms with van der Waals surface area (Å²) in [6.07, 6.45) is 1.96. The molecule has 1 aromatic heterocycles. The van der Waals surface area contributed by atoms with Crippen LogP contribution >= 0.6 is 11.8 Å². The highest BCUT2D eigenvalue weighted by Gasteiger charge is 2.30. The number of carbonyl (C=O) groups is 1. The Morgan fingerprint density at radius 2 is 2.04 bits per heavy atom. The lowest BCUT2D eigenvalue weighted by molar-refractivity contribution is 0.102. The van der Waals surface area contributed by atoms with Crippen molar-refractivity contribution in [1.82, 2.24) is 9.55 Å². The van der Waals surface area contributed by atoms with Gasteiger partial charge in [-0.05, 0) is 18.2 Å². The van der Waals surface area contributed by atoms with Gasteiger partial charge in [-0.3, -0.25) is 9.36 Å². The lowest BCUT2D eigenvalue weighted by Crippen LogP contribution is -2.28. The van der Waals surface area contributed by atoms with Gasteiger partial charge in [0.15, 0.2) is 11.6 Å². The highest BCUT2D eigenvalue weighted by molar-refractivity contribution is 8.00. The van der Waals surface area contributed by atoms with E-state index >= 15 is 0 Å². The standard InChI is InChI=1S/C16H13F2N3O3S/c17-11-6-10(8-22)25-15(11)21-7-12(18)13(20-16(21)24)19-14(23)9-4-2-1-3-5-9/h1-7,10,15,22H,8H2,(H,19,20,23,24)/t10-,15+/m0/s1. The second-order valence-corrected chi connectivity index (χ2v) is 6.53. The van der Waals surface area contributed by atoms with Crippen molar-refractivity contribution in [3.8, 4) is 0 Å². The molecule has 130 valence electrons. The summed E-state index contributed by atoms with van der Waals surface area (Å²) in [5, 5.41) is 9.68. The molecule has 0 spiro atoms. The molecule has 1 aromatic carbocycles. The van der Waals surface area contributed by atoms with Gasteiger partial charge in [0.2, 0.25) is 0 Å². The van der Waals surface area contributed by atoms with Crippen LogP contribution < -0.4 is 11.0 Å². The first kappa shape index (κ1) is 17.3. The SMILES string of the molecule is O=C(Nc1nc(=O)n([C@@H]2S[C@H](CO)C=C2F)cc1F)c1ccccc1. The number of aliphatic hydroxyl groups excluding tert-OH is 1. The van der Waals surface area contributed by atoms with Crippen LogP contribution in [0, 0.1) is 5.82 Å². The van der Waals surface area contributed by atoms with E-state index < -0.39 is 39.7 Å². The topological polar surface area (TPSA) is 84.2 Å². The van der Waals surface area contributed by atoms with Crippen molar-refractivity contribution >= 4 is 23.5 Å². The highest BCUT2D eigenvalue weighted by atomic mass is 32.2. The molecule has 9 heteroatoms. The van der Waals surface area contributed by atoms with Crippen LogP contribution in [0.1, 0.15) is 15.7 Å². The molecule has 0 aliphatic carbocycles. The van der Waals surface area contributed by atoms with E-state index in [0.29, 0.717) is 0 Å². The largest absolute Gasteiger partial charge is 0.395 e. The molecule has 2 heterocycles. The first-order valence-electron chi connectivity index (χ1n) is 7.28. The van der Waals surface area contributed by atoms with E-state index in [1.165, 1.54) is 18.2 Å². The molecule has 0 unspecified atom stereocenters. The molecule has 1 aliphatic heterocycles. The third-order valence-corrected chi connectivity index (χ3v) is 4.84. The van der Waals surface area contributed by atoms with Crippen LogP contribution in [0.5, 0.6) is 0 Å². The maximum atomic E-state index is 14.2. The minimum atomic E-state index is -1.09. The Hall–Kier alpha value is -2.52. The van der Waals surface area contributed by atoms with Crippen LogP contribution in [0.15, 0.2) is 53.2 Å². The number of amides is 1. The molecule has 0 radical (unpaired) electrons. The van der Waals surface area contributed by atoms with Gasteiger partial charge < -0.3 is 10.4 Å². The molecule has 0 saturated heterocycles. The van der Waals surface area contributed by atoms with Gasteiger partial charge in [0.1, 0.15) is 11.2 Å². The Morgan fingerprint density at radius 3 is 2.68 bits per heavy atom. The van der Waals surface area contributed by atoms with Crippen LogP contribution in [0.4, 0.5) is 14.6 Å². The Bertz CT molecular complexity index is 886. The predicted molar refractivity (Wildman–Crippen MR) is 89.5 cm³/mol. The molecular weight excluding hydrogens is 352 g/mol. The first-order chi connectivity index (χ1) is 12.0. The molecule has 6 nitrogen and oxygen atoms in total. The zero-order chi connectivity index (χ0) is 18.0. The molecule has 1 amide bonds. The number of aliphatic hydroxyl groups is 1. The second kappa shape index (κ2) is 7.16. The minimum absolute atomic E-state index is 0.277. The van der Waals surface area contributed by atoms with E-state index in [4.69, 9.17) is 5.11 Å². The summed E-state index contributed by atoms with van der Waals surface area (Å²) < 4.78 is 28.9. The zero-order valence-electron chi connectivity index (χ0n) is 12.7. The summed E-state index contributed by atoms with van der Waals surface area (Å²) in [5.74, 6) is -2.77. The minimum Gasteiger partial charge on any atom is -0.395 e. The number of aromatic nitrogens is 2. The molecule has 2 N–H and O–H groups in total. The summed E-state index contributed by atoms with van der Waals surface area (Å²) in [4.78, 5) is 27.6. The molecule has 0 fully saturated rings. The van der Waals surface area contributed by atoms with E-state index in [1.54, 1.807) is 18.2 Å². The average molecular weight is 365 g/mol. The number of halogens is 2. The van der Waals surface area contributed by atoms with Crippen LogP contribution in [0.25, 0.3) is 0 Å². The third kappa shape index (κ3) is 3.62. The maximum absolute atomic E-state index is 14.2. The second-order valence-electron chi connectivity index (χ2n) is 5.21. The molecule has 2 atom stereocenters. The van der Waals surface area contributed by atoms with Crippen LogP contribution in [-0.4, -0.2) is 32.4 Å². The van der Waals surface area contributed by atoms with Gasteiger partial charge in [0, 0.05) is 5.56 Å². The molecule has 2 aromatic rings. The number of nitrogens with one attached hydrogen (secondary N) is 1. The van der Waals surface area contributed by atoms with E-state index in [-0.39, 0.29) is 12.2 Å². The Labute approximate surface area is 145 Å². The number of rotatable bonds is 4. The van der Waals surface area contributed by atoms with Crippen LogP contribution in [0.2, 0.25) is 0 Å². The van der Waals surface area contributed by atoms with Crippen LogP contribution in [0.3, 0.4) is 0 Å². The molecule has 25 heavy (non-hydrogen) atoms. The van der Waals surface area contributed by atoms with Crippen molar-refractivity contribution < 1.29 is 18.7 Å². The Balaban J connectivity index is 1.85. The summed E-state index contributed by atoms with van der Waals surface area (Å²) in [7, 11) is 0. The fraction of sp³-hybridized carbons (Fsp3) is 0.188. The fourth-order valence-corrected chi connectivity index (χ4v) is 3.41. The van der Waals surface area contributed by atoms with Gasteiger partial charge in [-0.1, -0.05) is 18.2 Å². The predicted octanol–water partition coefficient (Wildman–Crippen LogP) is 2.09. The number of hydrogen-bond donors (Lipinski definition) is 2. The number of hydrogen-bond acceptors (Lipinski definition) is 5. The summed E-state index contributed by atoms with van der Waals surface area (Å²) in [5.41, 5.74) is -0.636. The first-order valence-corrected chi connectivity index (χ1v) is 8.22. The molecule has 0 saturated carbocycles. The van der Waals surface area contributed by atoms with Crippen LogP contribution in [-0.2, 0) is 0 Å².